The van der Waals surface area contributed by atoms with Crippen molar-refractivity contribution in [2.24, 2.45) is 0 Å². The van der Waals surface area contributed by atoms with E-state index in [1.165, 1.54) is 19.2 Å². The van der Waals surface area contributed by atoms with Crippen molar-refractivity contribution in [1.29, 1.82) is 0 Å². The van der Waals surface area contributed by atoms with Crippen molar-refractivity contribution in [2.45, 2.75) is 12.5 Å². The van der Waals surface area contributed by atoms with Gasteiger partial charge in [-0.05, 0) is 6.07 Å². The zero-order chi connectivity index (χ0) is 15.0. The third kappa shape index (κ3) is 2.27. The lowest BCUT2D eigenvalue weighted by molar-refractivity contribution is 0.0841. The van der Waals surface area contributed by atoms with Crippen LogP contribution in [-0.4, -0.2) is 23.1 Å². The topological polar surface area (TPSA) is 76.0 Å². The Balaban J connectivity index is 2.05. The molecule has 2 aromatic rings. The molecule has 1 aliphatic rings. The summed E-state index contributed by atoms with van der Waals surface area (Å²) in [5.74, 6) is 0.422. The summed E-state index contributed by atoms with van der Waals surface area (Å²) in [7, 11) is 1.43. The number of fused-ring (bicyclic) bond motifs is 1. The van der Waals surface area contributed by atoms with Crippen molar-refractivity contribution >= 4 is 5.78 Å². The lowest BCUT2D eigenvalue weighted by atomic mass is 9.95. The van der Waals surface area contributed by atoms with E-state index in [0.717, 1.165) is 0 Å². The van der Waals surface area contributed by atoms with Crippen molar-refractivity contribution < 1.29 is 24.5 Å². The van der Waals surface area contributed by atoms with Gasteiger partial charge in [-0.3, -0.25) is 4.79 Å². The molecule has 1 heterocycles. The second-order valence-electron chi connectivity index (χ2n) is 4.81. The number of para-hydroxylation sites is 1. The molecule has 21 heavy (non-hydrogen) atoms. The maximum atomic E-state index is 12.3. The molecule has 1 aliphatic heterocycles. The van der Waals surface area contributed by atoms with Crippen LogP contribution in [0.2, 0.25) is 0 Å². The molecule has 0 radical (unpaired) electrons. The van der Waals surface area contributed by atoms with Gasteiger partial charge in [0.1, 0.15) is 34.7 Å². The standard InChI is InChI=1S/C16H14O5/c1-20-14-6-9(17)7-15-16(14)12(19)8-13(21-15)10-4-2-3-5-11(10)18/h2-7,13,17-18H,8H2,1H3. The third-order valence-electron chi connectivity index (χ3n) is 3.47. The Hall–Kier alpha value is -2.69. The van der Waals surface area contributed by atoms with Crippen LogP contribution in [0.25, 0.3) is 0 Å². The monoisotopic (exact) mass is 286 g/mol. The number of ether oxygens (including phenoxy) is 2. The van der Waals surface area contributed by atoms with Crippen molar-refractivity contribution in [1.82, 2.24) is 0 Å². The van der Waals surface area contributed by atoms with Crippen LogP contribution in [0.3, 0.4) is 0 Å². The summed E-state index contributed by atoms with van der Waals surface area (Å²) in [6, 6.07) is 9.47. The number of methoxy groups -OCH3 is 1. The Kier molecular flexibility index (Phi) is 3.17. The van der Waals surface area contributed by atoms with Crippen LogP contribution in [0, 0.1) is 0 Å². The minimum absolute atomic E-state index is 0.0451. The van der Waals surface area contributed by atoms with Crippen LogP contribution in [-0.2, 0) is 0 Å². The third-order valence-corrected chi connectivity index (χ3v) is 3.47. The molecule has 0 fully saturated rings. The van der Waals surface area contributed by atoms with Gasteiger partial charge >= 0.3 is 0 Å². The number of hydrogen-bond acceptors (Lipinski definition) is 5. The van der Waals surface area contributed by atoms with Gasteiger partial charge in [0, 0.05) is 17.7 Å². The highest BCUT2D eigenvalue weighted by molar-refractivity contribution is 6.02. The van der Waals surface area contributed by atoms with E-state index in [9.17, 15) is 15.0 Å². The maximum Gasteiger partial charge on any atom is 0.174 e. The average molecular weight is 286 g/mol. The summed E-state index contributed by atoms with van der Waals surface area (Å²) in [4.78, 5) is 12.3. The van der Waals surface area contributed by atoms with E-state index in [1.54, 1.807) is 24.3 Å². The zero-order valence-corrected chi connectivity index (χ0v) is 11.4. The molecule has 0 amide bonds. The molecule has 1 unspecified atom stereocenters. The van der Waals surface area contributed by atoms with Crippen molar-refractivity contribution in [3.63, 3.8) is 0 Å². The molecule has 0 bridgehead atoms. The highest BCUT2D eigenvalue weighted by Gasteiger charge is 2.32. The average Bonchev–Trinajstić information content (AvgIpc) is 2.46. The van der Waals surface area contributed by atoms with Gasteiger partial charge in [0.25, 0.3) is 0 Å². The lowest BCUT2D eigenvalue weighted by Gasteiger charge is -2.27. The summed E-state index contributed by atoms with van der Waals surface area (Å²) in [6.45, 7) is 0. The minimum Gasteiger partial charge on any atom is -0.508 e. The smallest absolute Gasteiger partial charge is 0.174 e. The summed E-state index contributed by atoms with van der Waals surface area (Å²) in [5.41, 5.74) is 0.862. The van der Waals surface area contributed by atoms with Gasteiger partial charge in [0.2, 0.25) is 0 Å². The fraction of sp³-hybridized carbons (Fsp3) is 0.188. The number of aromatic hydroxyl groups is 2. The molecule has 0 aromatic heterocycles. The largest absolute Gasteiger partial charge is 0.508 e. The Morgan fingerprint density at radius 1 is 1.24 bits per heavy atom. The van der Waals surface area contributed by atoms with Crippen LogP contribution < -0.4 is 9.47 Å². The molecule has 0 saturated heterocycles. The van der Waals surface area contributed by atoms with Gasteiger partial charge in [0.05, 0.1) is 13.5 Å². The van der Waals surface area contributed by atoms with E-state index in [0.29, 0.717) is 11.1 Å². The number of benzene rings is 2. The van der Waals surface area contributed by atoms with Crippen molar-refractivity contribution in [2.75, 3.05) is 7.11 Å². The first-order chi connectivity index (χ1) is 10.1. The van der Waals surface area contributed by atoms with Gasteiger partial charge in [0.15, 0.2) is 5.78 Å². The van der Waals surface area contributed by atoms with E-state index in [1.807, 2.05) is 0 Å². The highest BCUT2D eigenvalue weighted by Crippen LogP contribution is 2.43. The second-order valence-corrected chi connectivity index (χ2v) is 4.81. The SMILES string of the molecule is COc1cc(O)cc2c1C(=O)CC(c1ccccc1O)O2. The minimum atomic E-state index is -0.585. The highest BCUT2D eigenvalue weighted by atomic mass is 16.5. The molecule has 5 heteroatoms. The van der Waals surface area contributed by atoms with Gasteiger partial charge in [-0.25, -0.2) is 0 Å². The normalized spacial score (nSPS) is 17.0. The second kappa shape index (κ2) is 5.01. The van der Waals surface area contributed by atoms with Crippen LogP contribution >= 0.6 is 0 Å². The number of carbonyl (C=O) groups is 1. The number of ketones is 1. The zero-order valence-electron chi connectivity index (χ0n) is 11.4. The Bertz CT molecular complexity index is 708. The summed E-state index contributed by atoms with van der Waals surface area (Å²) in [6.07, 6.45) is -0.483. The number of hydrogen-bond donors (Lipinski definition) is 2. The van der Waals surface area contributed by atoms with E-state index >= 15 is 0 Å². The molecule has 5 nitrogen and oxygen atoms in total. The Labute approximate surface area is 121 Å². The Morgan fingerprint density at radius 3 is 2.71 bits per heavy atom. The molecule has 2 N–H and O–H groups in total. The molecule has 0 spiro atoms. The molecule has 0 saturated carbocycles. The molecule has 108 valence electrons. The van der Waals surface area contributed by atoms with E-state index in [4.69, 9.17) is 9.47 Å². The van der Waals surface area contributed by atoms with E-state index in [-0.39, 0.29) is 35.2 Å². The molecular formula is C16H14O5. The fourth-order valence-corrected chi connectivity index (χ4v) is 2.50. The summed E-state index contributed by atoms with van der Waals surface area (Å²) >= 11 is 0. The number of rotatable bonds is 2. The molecule has 2 aromatic carbocycles. The first-order valence-corrected chi connectivity index (χ1v) is 6.49. The fourth-order valence-electron chi connectivity index (χ4n) is 2.50. The van der Waals surface area contributed by atoms with E-state index in [2.05, 4.69) is 0 Å². The number of carbonyl (C=O) groups excluding carboxylic acids is 1. The van der Waals surface area contributed by atoms with Gasteiger partial charge in [-0.15, -0.1) is 0 Å². The maximum absolute atomic E-state index is 12.3. The summed E-state index contributed by atoms with van der Waals surface area (Å²) in [5, 5.41) is 19.6. The number of phenols is 2. The Morgan fingerprint density at radius 2 is 2.00 bits per heavy atom. The first-order valence-electron chi connectivity index (χ1n) is 6.49. The van der Waals surface area contributed by atoms with Gasteiger partial charge in [-0.2, -0.15) is 0 Å². The lowest BCUT2D eigenvalue weighted by Crippen LogP contribution is -2.21. The van der Waals surface area contributed by atoms with Crippen LogP contribution in [0.1, 0.15) is 28.4 Å². The number of Topliss-reactive ketones (excluding diaryl/α,β-unsaturated/α-hetero) is 1. The molecule has 0 aliphatic carbocycles. The number of phenolic OH excluding ortho intramolecular Hbond substituents is 2. The molecular weight excluding hydrogens is 272 g/mol. The van der Waals surface area contributed by atoms with Crippen LogP contribution in [0.4, 0.5) is 0 Å². The van der Waals surface area contributed by atoms with Crippen LogP contribution in [0.5, 0.6) is 23.0 Å². The quantitative estimate of drug-likeness (QED) is 0.887. The van der Waals surface area contributed by atoms with Gasteiger partial charge < -0.3 is 19.7 Å². The molecule has 1 atom stereocenters. The van der Waals surface area contributed by atoms with Crippen molar-refractivity contribution in [3.8, 4) is 23.0 Å². The first kappa shape index (κ1) is 13.3. The van der Waals surface area contributed by atoms with Crippen LogP contribution in [0.15, 0.2) is 36.4 Å². The van der Waals surface area contributed by atoms with Crippen molar-refractivity contribution in [3.05, 3.63) is 47.5 Å². The van der Waals surface area contributed by atoms with E-state index < -0.39 is 6.10 Å². The molecule has 3 rings (SSSR count). The predicted molar refractivity (Wildman–Crippen MR) is 75.1 cm³/mol. The van der Waals surface area contributed by atoms with Gasteiger partial charge in [-0.1, -0.05) is 18.2 Å². The summed E-state index contributed by atoms with van der Waals surface area (Å²) < 4.78 is 10.9. The predicted octanol–water partition coefficient (Wildman–Crippen LogP) is 2.81.